The molecule has 0 radical (unpaired) electrons. The highest BCUT2D eigenvalue weighted by Gasteiger charge is 2.05. The van der Waals surface area contributed by atoms with Crippen LogP contribution in [0.25, 0.3) is 0 Å². The number of hydrogen-bond acceptors (Lipinski definition) is 2. The summed E-state index contributed by atoms with van der Waals surface area (Å²) in [6, 6.07) is 6.26. The Balaban J connectivity index is 2.79. The van der Waals surface area contributed by atoms with E-state index in [1.165, 1.54) is 5.56 Å². The van der Waals surface area contributed by atoms with Gasteiger partial charge < -0.3 is 9.47 Å². The lowest BCUT2D eigenvalue weighted by Crippen LogP contribution is -2.04. The average molecular weight is 287 g/mol. The van der Waals surface area contributed by atoms with Crippen LogP contribution in [0.4, 0.5) is 0 Å². The van der Waals surface area contributed by atoms with E-state index in [1.54, 1.807) is 7.11 Å². The van der Waals surface area contributed by atoms with E-state index in [-0.39, 0.29) is 6.10 Å². The van der Waals surface area contributed by atoms with Gasteiger partial charge in [-0.15, -0.1) is 0 Å². The first kappa shape index (κ1) is 13.5. The van der Waals surface area contributed by atoms with Gasteiger partial charge in [0.2, 0.25) is 0 Å². The molecular weight excluding hydrogens is 268 g/mol. The molecule has 90 valence electrons. The van der Waals surface area contributed by atoms with Crippen molar-refractivity contribution in [2.24, 2.45) is 0 Å². The van der Waals surface area contributed by atoms with E-state index in [2.05, 4.69) is 28.1 Å². The lowest BCUT2D eigenvalue weighted by Gasteiger charge is -2.12. The molecule has 0 unspecified atom stereocenters. The number of alkyl halides is 1. The van der Waals surface area contributed by atoms with Crippen LogP contribution in [-0.2, 0) is 17.8 Å². The van der Waals surface area contributed by atoms with Gasteiger partial charge in [-0.2, -0.15) is 0 Å². The number of benzene rings is 1. The standard InChI is InChI=1S/C13H19BrO2/c1-10(2)16-9-12-8-11(6-7-14)4-5-13(12)15-3/h4-5,8,10H,6-7,9H2,1-3H3. The van der Waals surface area contributed by atoms with E-state index in [4.69, 9.17) is 9.47 Å². The zero-order chi connectivity index (χ0) is 12.0. The minimum Gasteiger partial charge on any atom is -0.496 e. The Morgan fingerprint density at radius 3 is 2.62 bits per heavy atom. The summed E-state index contributed by atoms with van der Waals surface area (Å²) >= 11 is 3.45. The second-order valence-corrected chi connectivity index (χ2v) is 4.74. The molecule has 0 aliphatic carbocycles. The minimum atomic E-state index is 0.240. The molecule has 0 bridgehead atoms. The maximum atomic E-state index is 5.61. The van der Waals surface area contributed by atoms with Gasteiger partial charge in [0.15, 0.2) is 0 Å². The van der Waals surface area contributed by atoms with Crippen molar-refractivity contribution in [2.75, 3.05) is 12.4 Å². The van der Waals surface area contributed by atoms with Crippen LogP contribution in [0.15, 0.2) is 18.2 Å². The number of rotatable bonds is 6. The fourth-order valence-corrected chi connectivity index (χ4v) is 1.92. The Bertz CT molecular complexity index is 324. The van der Waals surface area contributed by atoms with E-state index in [0.29, 0.717) is 6.61 Å². The normalized spacial score (nSPS) is 10.8. The van der Waals surface area contributed by atoms with Gasteiger partial charge in [-0.3, -0.25) is 0 Å². The summed E-state index contributed by atoms with van der Waals surface area (Å²) in [6.45, 7) is 4.68. The SMILES string of the molecule is COc1ccc(CCBr)cc1COC(C)C. The maximum Gasteiger partial charge on any atom is 0.124 e. The van der Waals surface area contributed by atoms with Crippen molar-refractivity contribution >= 4 is 15.9 Å². The monoisotopic (exact) mass is 286 g/mol. The Kier molecular flexibility index (Phi) is 5.85. The molecule has 0 aliphatic heterocycles. The number of ether oxygens (including phenoxy) is 2. The van der Waals surface area contributed by atoms with Crippen molar-refractivity contribution in [3.05, 3.63) is 29.3 Å². The third kappa shape index (κ3) is 4.14. The van der Waals surface area contributed by atoms with Gasteiger partial charge >= 0.3 is 0 Å². The minimum absolute atomic E-state index is 0.240. The van der Waals surface area contributed by atoms with Crippen LogP contribution < -0.4 is 4.74 Å². The third-order valence-corrected chi connectivity index (χ3v) is 2.70. The molecule has 0 aliphatic rings. The summed E-state index contributed by atoms with van der Waals surface area (Å²) in [5, 5.41) is 0.976. The molecular formula is C13H19BrO2. The van der Waals surface area contributed by atoms with Crippen molar-refractivity contribution in [1.29, 1.82) is 0 Å². The van der Waals surface area contributed by atoms with Crippen LogP contribution in [0.3, 0.4) is 0 Å². The van der Waals surface area contributed by atoms with Crippen molar-refractivity contribution in [2.45, 2.75) is 33.0 Å². The van der Waals surface area contributed by atoms with Gasteiger partial charge in [0, 0.05) is 10.9 Å². The molecule has 1 rings (SSSR count). The second-order valence-electron chi connectivity index (χ2n) is 3.94. The molecule has 0 N–H and O–H groups in total. The van der Waals surface area contributed by atoms with Crippen LogP contribution >= 0.6 is 15.9 Å². The van der Waals surface area contributed by atoms with Crippen molar-refractivity contribution in [3.8, 4) is 5.75 Å². The topological polar surface area (TPSA) is 18.5 Å². The molecule has 1 aromatic rings. The first-order valence-corrected chi connectivity index (χ1v) is 6.63. The fraction of sp³-hybridized carbons (Fsp3) is 0.538. The highest BCUT2D eigenvalue weighted by atomic mass is 79.9. The Hall–Kier alpha value is -0.540. The molecule has 3 heteroatoms. The lowest BCUT2D eigenvalue weighted by molar-refractivity contribution is 0.0644. The molecule has 0 aromatic heterocycles. The molecule has 1 aromatic carbocycles. The van der Waals surface area contributed by atoms with Crippen molar-refractivity contribution in [1.82, 2.24) is 0 Å². The van der Waals surface area contributed by atoms with Gasteiger partial charge in [-0.05, 0) is 38.0 Å². The number of hydrogen-bond donors (Lipinski definition) is 0. The average Bonchev–Trinajstić information content (AvgIpc) is 2.27. The van der Waals surface area contributed by atoms with Crippen LogP contribution in [0.5, 0.6) is 5.75 Å². The highest BCUT2D eigenvalue weighted by Crippen LogP contribution is 2.21. The molecule has 0 spiro atoms. The molecule has 0 saturated heterocycles. The zero-order valence-corrected chi connectivity index (χ0v) is 11.7. The van der Waals surface area contributed by atoms with E-state index < -0.39 is 0 Å². The number of halogens is 1. The summed E-state index contributed by atoms with van der Waals surface area (Å²) in [5.74, 6) is 0.902. The first-order chi connectivity index (χ1) is 7.67. The molecule has 0 amide bonds. The summed E-state index contributed by atoms with van der Waals surface area (Å²) in [4.78, 5) is 0. The molecule has 16 heavy (non-hydrogen) atoms. The Labute approximate surface area is 106 Å². The predicted octanol–water partition coefficient (Wildman–Crippen LogP) is 3.56. The first-order valence-electron chi connectivity index (χ1n) is 5.50. The Morgan fingerprint density at radius 1 is 1.31 bits per heavy atom. The summed E-state index contributed by atoms with van der Waals surface area (Å²) in [5.41, 5.74) is 2.43. The van der Waals surface area contributed by atoms with Crippen LogP contribution in [0, 0.1) is 0 Å². The highest BCUT2D eigenvalue weighted by molar-refractivity contribution is 9.09. The van der Waals surface area contributed by atoms with E-state index in [1.807, 2.05) is 19.9 Å². The third-order valence-electron chi connectivity index (χ3n) is 2.30. The van der Waals surface area contributed by atoms with E-state index >= 15 is 0 Å². The smallest absolute Gasteiger partial charge is 0.124 e. The van der Waals surface area contributed by atoms with Crippen LogP contribution in [-0.4, -0.2) is 18.5 Å². The van der Waals surface area contributed by atoms with Gasteiger partial charge in [-0.25, -0.2) is 0 Å². The number of aryl methyl sites for hydroxylation is 1. The van der Waals surface area contributed by atoms with Gasteiger partial charge in [-0.1, -0.05) is 22.0 Å². The van der Waals surface area contributed by atoms with Crippen molar-refractivity contribution < 1.29 is 9.47 Å². The van der Waals surface area contributed by atoms with E-state index in [0.717, 1.165) is 23.1 Å². The molecule has 0 fully saturated rings. The lowest BCUT2D eigenvalue weighted by atomic mass is 10.1. The fourth-order valence-electron chi connectivity index (χ4n) is 1.47. The van der Waals surface area contributed by atoms with Gasteiger partial charge in [0.25, 0.3) is 0 Å². The van der Waals surface area contributed by atoms with Gasteiger partial charge in [0.1, 0.15) is 5.75 Å². The summed E-state index contributed by atoms with van der Waals surface area (Å²) in [6.07, 6.45) is 1.27. The quantitative estimate of drug-likeness (QED) is 0.745. The zero-order valence-electron chi connectivity index (χ0n) is 10.1. The summed E-state index contributed by atoms with van der Waals surface area (Å²) < 4.78 is 10.9. The van der Waals surface area contributed by atoms with Crippen LogP contribution in [0.2, 0.25) is 0 Å². The molecule has 0 saturated carbocycles. The number of methoxy groups -OCH3 is 1. The second kappa shape index (κ2) is 6.92. The molecule has 2 nitrogen and oxygen atoms in total. The van der Waals surface area contributed by atoms with Crippen molar-refractivity contribution in [3.63, 3.8) is 0 Å². The molecule has 0 atom stereocenters. The van der Waals surface area contributed by atoms with Crippen LogP contribution in [0.1, 0.15) is 25.0 Å². The summed E-state index contributed by atoms with van der Waals surface area (Å²) in [7, 11) is 1.69. The molecule has 0 heterocycles. The largest absolute Gasteiger partial charge is 0.496 e. The predicted molar refractivity (Wildman–Crippen MR) is 70.4 cm³/mol. The van der Waals surface area contributed by atoms with E-state index in [9.17, 15) is 0 Å². The Morgan fingerprint density at radius 2 is 2.06 bits per heavy atom. The van der Waals surface area contributed by atoms with Gasteiger partial charge in [0.05, 0.1) is 19.8 Å². The maximum absolute atomic E-state index is 5.61.